The molecule has 288 valence electrons. The largest absolute Gasteiger partial charge is 0.334 e. The van der Waals surface area contributed by atoms with Gasteiger partial charge in [-0.15, -0.1) is 0 Å². The number of hydrogen-bond acceptors (Lipinski definition) is 3. The van der Waals surface area contributed by atoms with Crippen LogP contribution in [0.3, 0.4) is 0 Å². The van der Waals surface area contributed by atoms with Gasteiger partial charge in [0.2, 0.25) is 0 Å². The summed E-state index contributed by atoms with van der Waals surface area (Å²) in [6.45, 7) is 19.7. The molecule has 6 aromatic carbocycles. The second-order valence-electron chi connectivity index (χ2n) is 19.8. The average molecular weight is 756 g/mol. The Morgan fingerprint density at radius 2 is 1.28 bits per heavy atom. The van der Waals surface area contributed by atoms with Crippen molar-refractivity contribution in [2.75, 3.05) is 14.7 Å². The summed E-state index contributed by atoms with van der Waals surface area (Å²) < 4.78 is 0. The normalized spacial score (nSPS) is 26.7. The van der Waals surface area contributed by atoms with Gasteiger partial charge in [-0.05, 0) is 165 Å². The highest BCUT2D eigenvalue weighted by Crippen LogP contribution is 2.66. The first-order valence-corrected chi connectivity index (χ1v) is 22.0. The molecule has 58 heavy (non-hydrogen) atoms. The topological polar surface area (TPSA) is 9.72 Å². The number of anilines is 7. The molecular formula is C54H54BN3. The van der Waals surface area contributed by atoms with E-state index in [9.17, 15) is 0 Å². The molecule has 4 aliphatic heterocycles. The van der Waals surface area contributed by atoms with E-state index < -0.39 is 0 Å². The van der Waals surface area contributed by atoms with E-state index in [-0.39, 0.29) is 28.6 Å². The lowest BCUT2D eigenvalue weighted by Gasteiger charge is -2.54. The van der Waals surface area contributed by atoms with Crippen molar-refractivity contribution in [2.24, 2.45) is 0 Å². The van der Waals surface area contributed by atoms with E-state index in [0.29, 0.717) is 0 Å². The Morgan fingerprint density at radius 1 is 0.534 bits per heavy atom. The van der Waals surface area contributed by atoms with Crippen LogP contribution in [0.4, 0.5) is 39.8 Å². The summed E-state index contributed by atoms with van der Waals surface area (Å²) in [5.74, 6) is 0. The van der Waals surface area contributed by atoms with Gasteiger partial charge in [0.05, 0.1) is 11.1 Å². The Kier molecular flexibility index (Phi) is 6.77. The van der Waals surface area contributed by atoms with Crippen LogP contribution in [0.15, 0.2) is 109 Å². The van der Waals surface area contributed by atoms with E-state index in [1.54, 1.807) is 5.56 Å². The molecule has 3 nitrogen and oxygen atoms in total. The highest BCUT2D eigenvalue weighted by atomic mass is 15.3. The maximum atomic E-state index is 2.88. The number of rotatable bonds is 2. The Bertz CT molecular complexity index is 2800. The van der Waals surface area contributed by atoms with Crippen LogP contribution in [0.5, 0.6) is 0 Å². The van der Waals surface area contributed by atoms with Crippen LogP contribution >= 0.6 is 0 Å². The molecule has 0 spiro atoms. The van der Waals surface area contributed by atoms with Crippen molar-refractivity contribution in [1.82, 2.24) is 0 Å². The van der Waals surface area contributed by atoms with Gasteiger partial charge in [0.15, 0.2) is 0 Å². The predicted octanol–water partition coefficient (Wildman–Crippen LogP) is 11.5. The molecule has 6 aliphatic rings. The lowest BCUT2D eigenvalue weighted by atomic mass is 9.33. The van der Waals surface area contributed by atoms with Crippen LogP contribution in [0, 0.1) is 27.7 Å². The number of aryl methyl sites for hydroxylation is 5. The van der Waals surface area contributed by atoms with Crippen molar-refractivity contribution < 1.29 is 0 Å². The van der Waals surface area contributed by atoms with Crippen LogP contribution in [0.1, 0.15) is 104 Å². The highest BCUT2D eigenvalue weighted by molar-refractivity contribution is 7.00. The van der Waals surface area contributed by atoms with Crippen molar-refractivity contribution in [3.63, 3.8) is 0 Å². The molecule has 0 radical (unpaired) electrons. The summed E-state index contributed by atoms with van der Waals surface area (Å²) >= 11 is 0. The minimum Gasteiger partial charge on any atom is -0.334 e. The first-order chi connectivity index (χ1) is 27.9. The maximum absolute atomic E-state index is 2.88. The van der Waals surface area contributed by atoms with Crippen LogP contribution in [0.25, 0.3) is 0 Å². The summed E-state index contributed by atoms with van der Waals surface area (Å²) in [7, 11) is 0. The predicted molar refractivity (Wildman–Crippen MR) is 246 cm³/mol. The van der Waals surface area contributed by atoms with Crippen molar-refractivity contribution in [2.45, 2.75) is 116 Å². The molecule has 4 unspecified atom stereocenters. The van der Waals surface area contributed by atoms with Crippen molar-refractivity contribution >= 4 is 62.9 Å². The van der Waals surface area contributed by atoms with E-state index in [2.05, 4.69) is 179 Å². The van der Waals surface area contributed by atoms with Gasteiger partial charge >= 0.3 is 0 Å². The number of hydrogen-bond donors (Lipinski definition) is 0. The molecule has 4 atom stereocenters. The highest BCUT2D eigenvalue weighted by Gasteiger charge is 2.64. The molecule has 0 bridgehead atoms. The molecule has 1 saturated carbocycles. The summed E-state index contributed by atoms with van der Waals surface area (Å²) in [5.41, 5.74) is 24.7. The van der Waals surface area contributed by atoms with E-state index in [1.165, 1.54) is 121 Å². The molecule has 0 saturated heterocycles. The fraction of sp³-hybridized carbons (Fsp3) is 0.333. The van der Waals surface area contributed by atoms with Crippen molar-refractivity contribution in [3.8, 4) is 0 Å². The van der Waals surface area contributed by atoms with Crippen LogP contribution in [-0.4, -0.2) is 12.3 Å². The Labute approximate surface area is 345 Å². The van der Waals surface area contributed by atoms with E-state index in [0.717, 1.165) is 12.8 Å². The summed E-state index contributed by atoms with van der Waals surface area (Å²) in [4.78, 5) is 8.36. The fourth-order valence-corrected chi connectivity index (χ4v) is 13.9. The average Bonchev–Trinajstić information content (AvgIpc) is 3.55. The SMILES string of the molecule is Cc1cccc(N2c3cc(C)ccc3B3c4cccc5c4N(c4cc(N6c7cc(C)cc(C)c7C7(C)CCCCC67C)cc2c43)C2(C)c3ccccc3CCC52C)c1. The molecule has 6 aromatic rings. The zero-order valence-corrected chi connectivity index (χ0v) is 35.6. The minimum absolute atomic E-state index is 0.0499. The van der Waals surface area contributed by atoms with Gasteiger partial charge in [-0.25, -0.2) is 0 Å². The smallest absolute Gasteiger partial charge is 0.252 e. The minimum atomic E-state index is -0.279. The number of para-hydroxylation sites is 1. The Balaban J connectivity index is 1.24. The van der Waals surface area contributed by atoms with Gasteiger partial charge in [0.1, 0.15) is 0 Å². The summed E-state index contributed by atoms with van der Waals surface area (Å²) in [6, 6.07) is 43.4. The monoisotopic (exact) mass is 755 g/mol. The Hall–Kier alpha value is -5.22. The molecule has 0 aromatic heterocycles. The van der Waals surface area contributed by atoms with Gasteiger partial charge in [-0.1, -0.05) is 99.5 Å². The van der Waals surface area contributed by atoms with E-state index in [4.69, 9.17) is 0 Å². The molecule has 0 amide bonds. The third-order valence-electron chi connectivity index (χ3n) is 16.8. The molecule has 4 heterocycles. The van der Waals surface area contributed by atoms with Gasteiger partial charge in [-0.3, -0.25) is 0 Å². The molecule has 1 fully saturated rings. The lowest BCUT2D eigenvalue weighted by Crippen LogP contribution is -2.64. The van der Waals surface area contributed by atoms with Crippen LogP contribution in [-0.2, 0) is 22.8 Å². The van der Waals surface area contributed by atoms with E-state index >= 15 is 0 Å². The third kappa shape index (κ3) is 3.98. The summed E-state index contributed by atoms with van der Waals surface area (Å²) in [5, 5.41) is 0. The molecule has 0 N–H and O–H groups in total. The van der Waals surface area contributed by atoms with Gasteiger partial charge in [0, 0.05) is 50.6 Å². The zero-order chi connectivity index (χ0) is 39.7. The first kappa shape index (κ1) is 34.8. The summed E-state index contributed by atoms with van der Waals surface area (Å²) in [6.07, 6.45) is 7.16. The van der Waals surface area contributed by atoms with Crippen LogP contribution < -0.4 is 31.1 Å². The standard InChI is InChI=1S/C54H54BN3/c1-33-15-13-17-38(28-33)56-44-29-34(2)21-22-42(44)55-43-20-14-19-41-50(43)58(54(8)40-18-10-9-16-37(40)23-26-51(41,54)5)47-32-39(31-46(56)49(47)55)57-45-30-35(3)27-36(4)48(45)52(6)24-11-12-25-53(52,57)7/h9-10,13-22,27-32H,11-12,23-26H2,1-8H3. The Morgan fingerprint density at radius 3 is 2.12 bits per heavy atom. The number of nitrogens with zero attached hydrogens (tertiary/aromatic N) is 3. The molecule has 12 rings (SSSR count). The van der Waals surface area contributed by atoms with Crippen LogP contribution in [0.2, 0.25) is 0 Å². The van der Waals surface area contributed by atoms with Crippen molar-refractivity contribution in [3.05, 3.63) is 154 Å². The molecule has 2 aliphatic carbocycles. The first-order valence-electron chi connectivity index (χ1n) is 22.0. The number of benzene rings is 6. The molecule has 4 heteroatoms. The molecular weight excluding hydrogens is 701 g/mol. The zero-order valence-electron chi connectivity index (χ0n) is 35.6. The second-order valence-corrected chi connectivity index (χ2v) is 19.8. The van der Waals surface area contributed by atoms with Gasteiger partial charge in [0.25, 0.3) is 6.71 Å². The fourth-order valence-electron chi connectivity index (χ4n) is 13.9. The quantitative estimate of drug-likeness (QED) is 0.163. The third-order valence-corrected chi connectivity index (χ3v) is 16.8. The van der Waals surface area contributed by atoms with E-state index in [1.807, 2.05) is 0 Å². The maximum Gasteiger partial charge on any atom is 0.252 e. The number of fused-ring (bicyclic) bond motifs is 12. The van der Waals surface area contributed by atoms with Crippen molar-refractivity contribution in [1.29, 1.82) is 0 Å². The second kappa shape index (κ2) is 11.3. The lowest BCUT2D eigenvalue weighted by molar-refractivity contribution is 0.194. The van der Waals surface area contributed by atoms with Gasteiger partial charge < -0.3 is 14.7 Å². The van der Waals surface area contributed by atoms with Gasteiger partial charge in [-0.2, -0.15) is 0 Å².